The van der Waals surface area contributed by atoms with E-state index in [4.69, 9.17) is 0 Å². The van der Waals surface area contributed by atoms with E-state index in [1.807, 2.05) is 31.2 Å². The van der Waals surface area contributed by atoms with Crippen molar-refractivity contribution in [2.24, 2.45) is 12.0 Å². The summed E-state index contributed by atoms with van der Waals surface area (Å²) in [6, 6.07) is 21.3. The van der Waals surface area contributed by atoms with Gasteiger partial charge in [0.05, 0.1) is 6.20 Å². The van der Waals surface area contributed by atoms with Crippen molar-refractivity contribution >= 4 is 5.96 Å². The molecule has 0 aliphatic carbocycles. The molecule has 0 radical (unpaired) electrons. The predicted octanol–water partition coefficient (Wildman–Crippen LogP) is 3.15. The van der Waals surface area contributed by atoms with Gasteiger partial charge in [-0.05, 0) is 29.5 Å². The third-order valence-electron chi connectivity index (χ3n) is 4.80. The van der Waals surface area contributed by atoms with Gasteiger partial charge < -0.3 is 10.6 Å². The maximum atomic E-state index is 4.37. The largest absolute Gasteiger partial charge is 0.356 e. The summed E-state index contributed by atoms with van der Waals surface area (Å²) in [4.78, 5) is 4.37. The minimum atomic E-state index is 0.375. The summed E-state index contributed by atoms with van der Waals surface area (Å²) in [6.45, 7) is 1.64. The standard InChI is InChI=1S/C23H29N5/c1-24-23(25-14-13-20-16-27-28(2)18-20)26-17-22(21-11-7-4-8-12-21)15-19-9-5-3-6-10-19/h3-12,16,18,22H,13-15,17H2,1-2H3,(H2,24,25,26). The van der Waals surface area contributed by atoms with Crippen LogP contribution in [0.25, 0.3) is 0 Å². The van der Waals surface area contributed by atoms with E-state index in [1.165, 1.54) is 16.7 Å². The summed E-state index contributed by atoms with van der Waals surface area (Å²) in [5.41, 5.74) is 3.90. The number of hydrogen-bond donors (Lipinski definition) is 2. The highest BCUT2D eigenvalue weighted by Gasteiger charge is 2.13. The van der Waals surface area contributed by atoms with E-state index >= 15 is 0 Å². The van der Waals surface area contributed by atoms with Crippen LogP contribution in [0.2, 0.25) is 0 Å². The van der Waals surface area contributed by atoms with Gasteiger partial charge >= 0.3 is 0 Å². The van der Waals surface area contributed by atoms with E-state index in [2.05, 4.69) is 81.4 Å². The van der Waals surface area contributed by atoms with Crippen LogP contribution in [0.1, 0.15) is 22.6 Å². The number of aryl methyl sites for hydroxylation is 1. The molecule has 3 rings (SSSR count). The molecule has 0 amide bonds. The number of aromatic nitrogens is 2. The van der Waals surface area contributed by atoms with Crippen molar-refractivity contribution in [3.05, 3.63) is 89.7 Å². The number of hydrogen-bond acceptors (Lipinski definition) is 2. The Morgan fingerprint density at radius 3 is 2.36 bits per heavy atom. The lowest BCUT2D eigenvalue weighted by Gasteiger charge is -2.20. The van der Waals surface area contributed by atoms with Gasteiger partial charge in [-0.25, -0.2) is 0 Å². The van der Waals surface area contributed by atoms with Gasteiger partial charge in [0.2, 0.25) is 0 Å². The number of nitrogens with one attached hydrogen (secondary N) is 2. The highest BCUT2D eigenvalue weighted by atomic mass is 15.2. The lowest BCUT2D eigenvalue weighted by molar-refractivity contribution is 0.644. The zero-order valence-corrected chi connectivity index (χ0v) is 16.7. The zero-order chi connectivity index (χ0) is 19.6. The third-order valence-corrected chi connectivity index (χ3v) is 4.80. The van der Waals surface area contributed by atoms with Crippen molar-refractivity contribution in [2.75, 3.05) is 20.1 Å². The van der Waals surface area contributed by atoms with Crippen LogP contribution in [0.5, 0.6) is 0 Å². The first kappa shape index (κ1) is 19.7. The molecule has 0 aliphatic rings. The minimum Gasteiger partial charge on any atom is -0.356 e. The highest BCUT2D eigenvalue weighted by Crippen LogP contribution is 2.20. The number of aliphatic imine (C=N–C) groups is 1. The quantitative estimate of drug-likeness (QED) is 0.470. The Labute approximate surface area is 167 Å². The molecule has 2 N–H and O–H groups in total. The zero-order valence-electron chi connectivity index (χ0n) is 16.7. The molecule has 0 bridgehead atoms. The molecule has 28 heavy (non-hydrogen) atoms. The van der Waals surface area contributed by atoms with Gasteiger partial charge in [0.25, 0.3) is 0 Å². The SMILES string of the molecule is CN=C(NCCc1cnn(C)c1)NCC(Cc1ccccc1)c1ccccc1. The van der Waals surface area contributed by atoms with Gasteiger partial charge in [-0.15, -0.1) is 0 Å². The molecular weight excluding hydrogens is 346 g/mol. The van der Waals surface area contributed by atoms with E-state index in [1.54, 1.807) is 0 Å². The molecule has 3 aromatic rings. The van der Waals surface area contributed by atoms with Crippen molar-refractivity contribution in [2.45, 2.75) is 18.8 Å². The Balaban J connectivity index is 1.56. The molecule has 0 aliphatic heterocycles. The third kappa shape index (κ3) is 5.98. The highest BCUT2D eigenvalue weighted by molar-refractivity contribution is 5.79. The number of nitrogens with zero attached hydrogens (tertiary/aromatic N) is 3. The maximum Gasteiger partial charge on any atom is 0.191 e. The topological polar surface area (TPSA) is 54.2 Å². The van der Waals surface area contributed by atoms with Crippen LogP contribution in [0.3, 0.4) is 0 Å². The molecule has 0 spiro atoms. The molecule has 2 aromatic carbocycles. The molecule has 5 nitrogen and oxygen atoms in total. The number of guanidine groups is 1. The van der Waals surface area contributed by atoms with Gasteiger partial charge in [-0.2, -0.15) is 5.10 Å². The molecule has 1 heterocycles. The summed E-state index contributed by atoms with van der Waals surface area (Å²) < 4.78 is 1.83. The van der Waals surface area contributed by atoms with Crippen molar-refractivity contribution in [3.63, 3.8) is 0 Å². The van der Waals surface area contributed by atoms with Gasteiger partial charge in [0.1, 0.15) is 0 Å². The molecule has 1 unspecified atom stereocenters. The molecule has 146 valence electrons. The normalized spacial score (nSPS) is 12.6. The smallest absolute Gasteiger partial charge is 0.191 e. The van der Waals surface area contributed by atoms with E-state index in [0.717, 1.165) is 31.9 Å². The second kappa shape index (κ2) is 10.3. The Morgan fingerprint density at radius 1 is 1.00 bits per heavy atom. The molecule has 5 heteroatoms. The van der Waals surface area contributed by atoms with Crippen molar-refractivity contribution in [1.29, 1.82) is 0 Å². The number of benzene rings is 2. The number of rotatable bonds is 8. The van der Waals surface area contributed by atoms with Crippen molar-refractivity contribution < 1.29 is 0 Å². The summed E-state index contributed by atoms with van der Waals surface area (Å²) in [6.07, 6.45) is 5.86. The average Bonchev–Trinajstić information content (AvgIpc) is 3.16. The summed E-state index contributed by atoms with van der Waals surface area (Å²) in [5, 5.41) is 11.1. The Kier molecular flexibility index (Phi) is 7.24. The fourth-order valence-electron chi connectivity index (χ4n) is 3.30. The van der Waals surface area contributed by atoms with Crippen LogP contribution in [0, 0.1) is 0 Å². The van der Waals surface area contributed by atoms with Crippen LogP contribution >= 0.6 is 0 Å². The Hall–Kier alpha value is -3.08. The molecular formula is C23H29N5. The van der Waals surface area contributed by atoms with Crippen LogP contribution in [0.15, 0.2) is 78.0 Å². The van der Waals surface area contributed by atoms with E-state index < -0.39 is 0 Å². The lowest BCUT2D eigenvalue weighted by Crippen LogP contribution is -2.40. The molecule has 0 saturated heterocycles. The predicted molar refractivity (Wildman–Crippen MR) is 116 cm³/mol. The molecule has 0 saturated carbocycles. The first-order valence-corrected chi connectivity index (χ1v) is 9.75. The fourth-order valence-corrected chi connectivity index (χ4v) is 3.30. The second-order valence-electron chi connectivity index (χ2n) is 6.95. The Morgan fingerprint density at radius 2 is 1.71 bits per heavy atom. The van der Waals surface area contributed by atoms with Gasteiger partial charge in [0, 0.05) is 39.3 Å². The summed E-state index contributed by atoms with van der Waals surface area (Å²) in [7, 11) is 3.75. The first-order valence-electron chi connectivity index (χ1n) is 9.75. The minimum absolute atomic E-state index is 0.375. The monoisotopic (exact) mass is 375 g/mol. The van der Waals surface area contributed by atoms with Crippen molar-refractivity contribution in [3.8, 4) is 0 Å². The molecule has 0 fully saturated rings. The van der Waals surface area contributed by atoms with Crippen LogP contribution < -0.4 is 10.6 Å². The van der Waals surface area contributed by atoms with Crippen LogP contribution in [-0.4, -0.2) is 35.9 Å². The van der Waals surface area contributed by atoms with Crippen LogP contribution in [0.4, 0.5) is 0 Å². The maximum absolute atomic E-state index is 4.37. The van der Waals surface area contributed by atoms with E-state index in [9.17, 15) is 0 Å². The van der Waals surface area contributed by atoms with Gasteiger partial charge in [-0.1, -0.05) is 60.7 Å². The molecule has 1 aromatic heterocycles. The van der Waals surface area contributed by atoms with Gasteiger partial charge in [-0.3, -0.25) is 9.67 Å². The fraction of sp³-hybridized carbons (Fsp3) is 0.304. The average molecular weight is 376 g/mol. The second-order valence-corrected chi connectivity index (χ2v) is 6.95. The summed E-state index contributed by atoms with van der Waals surface area (Å²) in [5.74, 6) is 1.21. The lowest BCUT2D eigenvalue weighted by atomic mass is 9.92. The first-order chi connectivity index (χ1) is 13.7. The van der Waals surface area contributed by atoms with Gasteiger partial charge in [0.15, 0.2) is 5.96 Å². The van der Waals surface area contributed by atoms with Crippen molar-refractivity contribution in [1.82, 2.24) is 20.4 Å². The van der Waals surface area contributed by atoms with E-state index in [0.29, 0.717) is 5.92 Å². The Bertz CT molecular complexity index is 855. The summed E-state index contributed by atoms with van der Waals surface area (Å²) >= 11 is 0. The van der Waals surface area contributed by atoms with E-state index in [-0.39, 0.29) is 0 Å². The van der Waals surface area contributed by atoms with Crippen LogP contribution in [-0.2, 0) is 19.9 Å². The molecule has 1 atom stereocenters.